The van der Waals surface area contributed by atoms with Crippen LogP contribution >= 0.6 is 0 Å². The van der Waals surface area contributed by atoms with E-state index in [-0.39, 0.29) is 29.9 Å². The maximum atomic E-state index is 13.0. The molecule has 12 heteroatoms. The van der Waals surface area contributed by atoms with E-state index in [4.69, 9.17) is 19.3 Å². The lowest BCUT2D eigenvalue weighted by Crippen LogP contribution is -2.41. The number of nitrogens with zero attached hydrogens (tertiary/aromatic N) is 1. The maximum Gasteiger partial charge on any atom is 0.264 e. The van der Waals surface area contributed by atoms with Gasteiger partial charge in [0.05, 0.1) is 56.8 Å². The molecule has 0 saturated heterocycles. The Bertz CT molecular complexity index is 864. The SMILES string of the molecule is CC.CNC(=O)CCC(C=O)N1C(=O)c2cccc(NCCOCCOCCOCCC=O)c2C1=O.CO. The summed E-state index contributed by atoms with van der Waals surface area (Å²) < 4.78 is 16.0. The Hall–Kier alpha value is -3.19. The summed E-state index contributed by atoms with van der Waals surface area (Å²) in [7, 11) is 2.48. The molecule has 0 radical (unpaired) electrons. The summed E-state index contributed by atoms with van der Waals surface area (Å²) in [5, 5.41) is 12.5. The normalized spacial score (nSPS) is 12.4. The number of benzene rings is 1. The van der Waals surface area contributed by atoms with Gasteiger partial charge in [0.1, 0.15) is 12.6 Å². The van der Waals surface area contributed by atoms with Crippen LogP contribution in [0.2, 0.25) is 0 Å². The first kappa shape index (κ1) is 34.8. The predicted molar refractivity (Wildman–Crippen MR) is 141 cm³/mol. The van der Waals surface area contributed by atoms with Gasteiger partial charge in [0.15, 0.2) is 0 Å². The van der Waals surface area contributed by atoms with Crippen LogP contribution in [0.5, 0.6) is 0 Å². The second-order valence-electron chi connectivity index (χ2n) is 7.34. The number of imide groups is 1. The van der Waals surface area contributed by atoms with E-state index in [1.54, 1.807) is 12.1 Å². The summed E-state index contributed by atoms with van der Waals surface area (Å²) >= 11 is 0. The lowest BCUT2D eigenvalue weighted by molar-refractivity contribution is -0.121. The van der Waals surface area contributed by atoms with Crippen molar-refractivity contribution in [3.63, 3.8) is 0 Å². The number of rotatable bonds is 18. The summed E-state index contributed by atoms with van der Waals surface area (Å²) in [4.78, 5) is 60.0. The van der Waals surface area contributed by atoms with Crippen molar-refractivity contribution in [3.05, 3.63) is 29.3 Å². The average Bonchev–Trinajstić information content (AvgIpc) is 3.22. The fourth-order valence-corrected chi connectivity index (χ4v) is 3.35. The number of aliphatic hydroxyl groups excluding tert-OH is 1. The van der Waals surface area contributed by atoms with Crippen LogP contribution in [0.3, 0.4) is 0 Å². The zero-order valence-electron chi connectivity index (χ0n) is 22.7. The summed E-state index contributed by atoms with van der Waals surface area (Å²) in [6.07, 6.45) is 1.76. The van der Waals surface area contributed by atoms with Crippen molar-refractivity contribution in [1.29, 1.82) is 0 Å². The molecule has 0 aromatic heterocycles. The number of aldehydes is 2. The van der Waals surface area contributed by atoms with Crippen LogP contribution in [0.1, 0.15) is 53.8 Å². The minimum absolute atomic E-state index is 0.0205. The Kier molecular flexibility index (Phi) is 20.0. The molecule has 0 aliphatic carbocycles. The van der Waals surface area contributed by atoms with Crippen LogP contribution in [0, 0.1) is 0 Å². The van der Waals surface area contributed by atoms with E-state index in [0.717, 1.165) is 18.3 Å². The average molecular weight is 540 g/mol. The van der Waals surface area contributed by atoms with Gasteiger partial charge in [0, 0.05) is 39.2 Å². The van der Waals surface area contributed by atoms with Crippen molar-refractivity contribution < 1.29 is 43.3 Å². The highest BCUT2D eigenvalue weighted by Gasteiger charge is 2.41. The van der Waals surface area contributed by atoms with Crippen molar-refractivity contribution in [2.24, 2.45) is 0 Å². The van der Waals surface area contributed by atoms with Gasteiger partial charge < -0.3 is 39.5 Å². The molecule has 0 spiro atoms. The van der Waals surface area contributed by atoms with Crippen molar-refractivity contribution in [3.8, 4) is 0 Å². The molecule has 1 unspecified atom stereocenters. The lowest BCUT2D eigenvalue weighted by atomic mass is 10.1. The zero-order chi connectivity index (χ0) is 28.8. The third-order valence-corrected chi connectivity index (χ3v) is 5.07. The monoisotopic (exact) mass is 539 g/mol. The number of amides is 3. The molecular weight excluding hydrogens is 498 g/mol. The number of hydrogen-bond acceptors (Lipinski definition) is 10. The van der Waals surface area contributed by atoms with E-state index >= 15 is 0 Å². The molecule has 0 bridgehead atoms. The topological polar surface area (TPSA) is 161 Å². The van der Waals surface area contributed by atoms with Gasteiger partial charge in [-0.3, -0.25) is 19.3 Å². The summed E-state index contributed by atoms with van der Waals surface area (Å²) in [6.45, 7) is 6.71. The summed E-state index contributed by atoms with van der Waals surface area (Å²) in [6, 6.07) is 3.86. The first-order valence-electron chi connectivity index (χ1n) is 12.6. The second kappa shape index (κ2) is 21.9. The summed E-state index contributed by atoms with van der Waals surface area (Å²) in [5.74, 6) is -1.40. The molecule has 3 amide bonds. The quantitative estimate of drug-likeness (QED) is 0.140. The van der Waals surface area contributed by atoms with E-state index in [1.807, 2.05) is 13.8 Å². The Morgan fingerprint density at radius 2 is 1.58 bits per heavy atom. The minimum atomic E-state index is -1.02. The first-order chi connectivity index (χ1) is 18.5. The molecule has 0 saturated carbocycles. The largest absolute Gasteiger partial charge is 0.400 e. The fraction of sp³-hybridized carbons (Fsp3) is 0.577. The van der Waals surface area contributed by atoms with Crippen LogP contribution in [0.4, 0.5) is 5.69 Å². The number of anilines is 1. The van der Waals surface area contributed by atoms with Gasteiger partial charge in [-0.15, -0.1) is 0 Å². The molecule has 214 valence electrons. The van der Waals surface area contributed by atoms with Crippen molar-refractivity contribution in [2.75, 3.05) is 65.7 Å². The molecular formula is C26H41N3O9. The van der Waals surface area contributed by atoms with Crippen molar-refractivity contribution in [1.82, 2.24) is 10.2 Å². The highest BCUT2D eigenvalue weighted by atomic mass is 16.5. The molecule has 12 nitrogen and oxygen atoms in total. The van der Waals surface area contributed by atoms with Gasteiger partial charge in [-0.25, -0.2) is 0 Å². The van der Waals surface area contributed by atoms with Gasteiger partial charge in [-0.1, -0.05) is 19.9 Å². The van der Waals surface area contributed by atoms with Crippen LogP contribution in [-0.4, -0.2) is 107 Å². The Morgan fingerprint density at radius 3 is 2.16 bits per heavy atom. The van der Waals surface area contributed by atoms with Crippen molar-refractivity contribution in [2.45, 2.75) is 39.2 Å². The highest BCUT2D eigenvalue weighted by molar-refractivity contribution is 6.24. The Labute approximate surface area is 224 Å². The van der Waals surface area contributed by atoms with E-state index in [0.29, 0.717) is 64.6 Å². The molecule has 0 fully saturated rings. The molecule has 1 atom stereocenters. The Morgan fingerprint density at radius 1 is 0.974 bits per heavy atom. The van der Waals surface area contributed by atoms with Gasteiger partial charge in [0.25, 0.3) is 11.8 Å². The standard InChI is InChI=1S/C23H31N3O8.C2H6.CH4O/c1-24-20(29)7-6-17(16-28)26-22(30)18-4-2-5-19(21(18)23(26)31)25-8-11-33-13-15-34-14-12-32-10-3-9-27;2*1-2/h2,4-5,9,16-17,25H,3,6-8,10-15H2,1H3,(H,24,29);1-2H3;2H,1H3. The molecule has 1 aliphatic rings. The van der Waals surface area contributed by atoms with E-state index in [9.17, 15) is 24.0 Å². The number of carbonyl (C=O) groups excluding carboxylic acids is 5. The molecule has 1 aliphatic heterocycles. The van der Waals surface area contributed by atoms with E-state index in [2.05, 4.69) is 10.6 Å². The van der Waals surface area contributed by atoms with Gasteiger partial charge >= 0.3 is 0 Å². The molecule has 2 rings (SSSR count). The van der Waals surface area contributed by atoms with Crippen LogP contribution in [0.25, 0.3) is 0 Å². The highest BCUT2D eigenvalue weighted by Crippen LogP contribution is 2.31. The number of fused-ring (bicyclic) bond motifs is 1. The van der Waals surface area contributed by atoms with E-state index in [1.165, 1.54) is 13.1 Å². The maximum absolute atomic E-state index is 13.0. The second-order valence-corrected chi connectivity index (χ2v) is 7.34. The number of carbonyl (C=O) groups is 5. The third-order valence-electron chi connectivity index (χ3n) is 5.07. The minimum Gasteiger partial charge on any atom is -0.400 e. The van der Waals surface area contributed by atoms with E-state index < -0.39 is 17.9 Å². The van der Waals surface area contributed by atoms with Crippen LogP contribution < -0.4 is 10.6 Å². The molecule has 3 N–H and O–H groups in total. The van der Waals surface area contributed by atoms with Crippen molar-refractivity contribution >= 4 is 36.0 Å². The smallest absolute Gasteiger partial charge is 0.264 e. The molecule has 1 aromatic rings. The number of ether oxygens (including phenoxy) is 3. The van der Waals surface area contributed by atoms with Gasteiger partial charge in [-0.2, -0.15) is 0 Å². The predicted octanol–water partition coefficient (Wildman–Crippen LogP) is 1.06. The fourth-order valence-electron chi connectivity index (χ4n) is 3.35. The Balaban J connectivity index is 0.00000326. The molecule has 38 heavy (non-hydrogen) atoms. The summed E-state index contributed by atoms with van der Waals surface area (Å²) in [5.41, 5.74) is 0.894. The van der Waals surface area contributed by atoms with Crippen LogP contribution in [-0.2, 0) is 28.6 Å². The van der Waals surface area contributed by atoms with Gasteiger partial charge in [-0.05, 0) is 18.6 Å². The first-order valence-corrected chi connectivity index (χ1v) is 12.6. The molecule has 1 heterocycles. The number of hydrogen-bond donors (Lipinski definition) is 3. The molecule has 1 aromatic carbocycles. The lowest BCUT2D eigenvalue weighted by Gasteiger charge is -2.21. The van der Waals surface area contributed by atoms with Gasteiger partial charge in [0.2, 0.25) is 5.91 Å². The zero-order valence-corrected chi connectivity index (χ0v) is 22.7. The third kappa shape index (κ3) is 11.5. The number of nitrogens with one attached hydrogen (secondary N) is 2. The number of aliphatic hydroxyl groups is 1. The van der Waals surface area contributed by atoms with Crippen LogP contribution in [0.15, 0.2) is 18.2 Å².